The Balaban J connectivity index is 1.76. The fourth-order valence-electron chi connectivity index (χ4n) is 2.90. The summed E-state index contributed by atoms with van der Waals surface area (Å²) in [5, 5.41) is 16.6. The number of nitrogens with one attached hydrogen (secondary N) is 2. The lowest BCUT2D eigenvalue weighted by Gasteiger charge is -2.12. The number of amides is 2. The maximum atomic E-state index is 12.7. The lowest BCUT2D eigenvalue weighted by molar-refractivity contribution is -0.385. The van der Waals surface area contributed by atoms with Gasteiger partial charge in [0.15, 0.2) is 0 Å². The van der Waals surface area contributed by atoms with Crippen LogP contribution in [0.5, 0.6) is 5.75 Å². The molecule has 0 aromatic heterocycles. The minimum absolute atomic E-state index is 0.128. The van der Waals surface area contributed by atoms with Gasteiger partial charge in [0, 0.05) is 23.4 Å². The Morgan fingerprint density at radius 2 is 1.70 bits per heavy atom. The third-order valence-corrected chi connectivity index (χ3v) is 4.31. The molecule has 0 unspecified atom stereocenters. The summed E-state index contributed by atoms with van der Waals surface area (Å²) in [5.74, 6) is -0.283. The second kappa shape index (κ2) is 9.33. The monoisotopic (exact) mass is 405 g/mol. The van der Waals surface area contributed by atoms with Crippen LogP contribution in [-0.2, 0) is 11.2 Å². The highest BCUT2D eigenvalue weighted by Crippen LogP contribution is 2.22. The van der Waals surface area contributed by atoms with Crippen LogP contribution in [0.15, 0.2) is 72.8 Å². The number of hydrogen-bond acceptors (Lipinski definition) is 5. The Labute approximate surface area is 172 Å². The van der Waals surface area contributed by atoms with Crippen LogP contribution in [0.2, 0.25) is 0 Å². The van der Waals surface area contributed by atoms with Crippen molar-refractivity contribution in [3.8, 4) is 5.75 Å². The van der Waals surface area contributed by atoms with Gasteiger partial charge in [-0.1, -0.05) is 36.4 Å². The third-order valence-electron chi connectivity index (χ3n) is 4.31. The van der Waals surface area contributed by atoms with E-state index in [-0.39, 0.29) is 17.7 Å². The molecular formula is C22H19N3O5. The minimum Gasteiger partial charge on any atom is -0.497 e. The second-order valence-corrected chi connectivity index (χ2v) is 6.34. The predicted octanol–water partition coefficient (Wildman–Crippen LogP) is 4.04. The number of rotatable bonds is 7. The zero-order valence-electron chi connectivity index (χ0n) is 16.1. The number of nitro groups is 1. The molecule has 3 aromatic carbocycles. The van der Waals surface area contributed by atoms with E-state index in [4.69, 9.17) is 4.74 Å². The van der Waals surface area contributed by atoms with Gasteiger partial charge in [-0.05, 0) is 24.3 Å². The van der Waals surface area contributed by atoms with Gasteiger partial charge in [-0.25, -0.2) is 0 Å². The quantitative estimate of drug-likeness (QED) is 0.455. The standard InChI is InChI=1S/C22H19N3O5/c1-30-17-9-6-8-16(14-17)23-22(27)18-10-3-4-11-19(18)24-21(26)13-15-7-2-5-12-20(15)25(28)29/h2-12,14H,13H2,1H3,(H,23,27)(H,24,26). The second-order valence-electron chi connectivity index (χ2n) is 6.34. The number of hydrogen-bond donors (Lipinski definition) is 2. The van der Waals surface area contributed by atoms with Gasteiger partial charge < -0.3 is 15.4 Å². The molecule has 30 heavy (non-hydrogen) atoms. The smallest absolute Gasteiger partial charge is 0.273 e. The Kier molecular flexibility index (Phi) is 6.39. The van der Waals surface area contributed by atoms with Crippen molar-refractivity contribution in [3.63, 3.8) is 0 Å². The molecule has 0 aliphatic rings. The normalized spacial score (nSPS) is 10.2. The van der Waals surface area contributed by atoms with E-state index in [1.807, 2.05) is 0 Å². The summed E-state index contributed by atoms with van der Waals surface area (Å²) in [7, 11) is 1.53. The molecule has 0 aliphatic carbocycles. The van der Waals surface area contributed by atoms with Crippen molar-refractivity contribution >= 4 is 28.9 Å². The summed E-state index contributed by atoms with van der Waals surface area (Å²) < 4.78 is 5.15. The van der Waals surface area contributed by atoms with E-state index in [0.717, 1.165) is 0 Å². The van der Waals surface area contributed by atoms with Crippen molar-refractivity contribution < 1.29 is 19.2 Å². The first-order valence-corrected chi connectivity index (χ1v) is 9.04. The fraction of sp³-hybridized carbons (Fsp3) is 0.0909. The van der Waals surface area contributed by atoms with Crippen molar-refractivity contribution in [2.45, 2.75) is 6.42 Å². The van der Waals surface area contributed by atoms with E-state index in [1.54, 1.807) is 54.6 Å². The van der Waals surface area contributed by atoms with Gasteiger partial charge in [0.1, 0.15) is 5.75 Å². The molecule has 8 nitrogen and oxygen atoms in total. The molecule has 0 bridgehead atoms. The Bertz CT molecular complexity index is 1100. The maximum Gasteiger partial charge on any atom is 0.273 e. The number of para-hydroxylation sites is 2. The topological polar surface area (TPSA) is 111 Å². The zero-order valence-corrected chi connectivity index (χ0v) is 16.1. The molecule has 0 saturated heterocycles. The number of nitrogens with zero attached hydrogens (tertiary/aromatic N) is 1. The number of anilines is 2. The average molecular weight is 405 g/mol. The highest BCUT2D eigenvalue weighted by atomic mass is 16.6. The van der Waals surface area contributed by atoms with Gasteiger partial charge in [0.25, 0.3) is 11.6 Å². The molecule has 3 rings (SSSR count). The number of carbonyl (C=O) groups is 2. The molecule has 0 heterocycles. The fourth-order valence-corrected chi connectivity index (χ4v) is 2.90. The molecule has 2 N–H and O–H groups in total. The Hall–Kier alpha value is -4.20. The molecule has 0 saturated carbocycles. The van der Waals surface area contributed by atoms with Crippen molar-refractivity contribution in [3.05, 3.63) is 94.0 Å². The van der Waals surface area contributed by atoms with Crippen molar-refractivity contribution in [2.75, 3.05) is 17.7 Å². The SMILES string of the molecule is COc1cccc(NC(=O)c2ccccc2NC(=O)Cc2ccccc2[N+](=O)[O-])c1. The van der Waals surface area contributed by atoms with Crippen LogP contribution in [0, 0.1) is 10.1 Å². The molecule has 0 radical (unpaired) electrons. The number of methoxy groups -OCH3 is 1. The van der Waals surface area contributed by atoms with Crippen LogP contribution in [0.3, 0.4) is 0 Å². The lowest BCUT2D eigenvalue weighted by Crippen LogP contribution is -2.19. The molecule has 152 valence electrons. The minimum atomic E-state index is -0.530. The van der Waals surface area contributed by atoms with Gasteiger partial charge in [-0.2, -0.15) is 0 Å². The first kappa shape index (κ1) is 20.5. The number of benzene rings is 3. The summed E-state index contributed by atoms with van der Waals surface area (Å²) in [6, 6.07) is 19.5. The molecule has 0 spiro atoms. The predicted molar refractivity (Wildman–Crippen MR) is 113 cm³/mol. The van der Waals surface area contributed by atoms with E-state index in [1.165, 1.54) is 25.3 Å². The number of carbonyl (C=O) groups excluding carboxylic acids is 2. The first-order chi connectivity index (χ1) is 14.5. The Morgan fingerprint density at radius 3 is 2.47 bits per heavy atom. The van der Waals surface area contributed by atoms with E-state index in [0.29, 0.717) is 22.7 Å². The number of nitro benzene ring substituents is 1. The van der Waals surface area contributed by atoms with Gasteiger partial charge >= 0.3 is 0 Å². The van der Waals surface area contributed by atoms with Crippen molar-refractivity contribution in [1.29, 1.82) is 0 Å². The third kappa shape index (κ3) is 4.99. The van der Waals surface area contributed by atoms with Crippen molar-refractivity contribution in [1.82, 2.24) is 0 Å². The lowest BCUT2D eigenvalue weighted by atomic mass is 10.1. The van der Waals surface area contributed by atoms with Crippen LogP contribution >= 0.6 is 0 Å². The van der Waals surface area contributed by atoms with Gasteiger partial charge in [-0.3, -0.25) is 19.7 Å². The van der Waals surface area contributed by atoms with Crippen LogP contribution in [0.4, 0.5) is 17.1 Å². The molecule has 0 atom stereocenters. The van der Waals surface area contributed by atoms with E-state index in [2.05, 4.69) is 10.6 Å². The highest BCUT2D eigenvalue weighted by Gasteiger charge is 2.18. The Morgan fingerprint density at radius 1 is 0.967 bits per heavy atom. The van der Waals surface area contributed by atoms with E-state index >= 15 is 0 Å². The molecular weight excluding hydrogens is 386 g/mol. The zero-order chi connectivity index (χ0) is 21.5. The summed E-state index contributed by atoms with van der Waals surface area (Å²) in [6.07, 6.45) is -0.191. The van der Waals surface area contributed by atoms with Gasteiger partial charge in [0.2, 0.25) is 5.91 Å². The van der Waals surface area contributed by atoms with Gasteiger partial charge in [0.05, 0.1) is 29.7 Å². The largest absolute Gasteiger partial charge is 0.497 e. The number of ether oxygens (including phenoxy) is 1. The molecule has 3 aromatic rings. The van der Waals surface area contributed by atoms with Crippen LogP contribution < -0.4 is 15.4 Å². The van der Waals surface area contributed by atoms with E-state index in [9.17, 15) is 19.7 Å². The molecule has 2 amide bonds. The van der Waals surface area contributed by atoms with Crippen LogP contribution in [0.1, 0.15) is 15.9 Å². The molecule has 8 heteroatoms. The molecule has 0 aliphatic heterocycles. The highest BCUT2D eigenvalue weighted by molar-refractivity contribution is 6.10. The van der Waals surface area contributed by atoms with Crippen LogP contribution in [-0.4, -0.2) is 23.8 Å². The van der Waals surface area contributed by atoms with E-state index < -0.39 is 16.7 Å². The summed E-state index contributed by atoms with van der Waals surface area (Å²) >= 11 is 0. The first-order valence-electron chi connectivity index (χ1n) is 9.04. The summed E-state index contributed by atoms with van der Waals surface area (Å²) in [5.41, 5.74) is 1.27. The van der Waals surface area contributed by atoms with Gasteiger partial charge in [-0.15, -0.1) is 0 Å². The van der Waals surface area contributed by atoms with Crippen molar-refractivity contribution in [2.24, 2.45) is 0 Å². The van der Waals surface area contributed by atoms with Crippen LogP contribution in [0.25, 0.3) is 0 Å². The summed E-state index contributed by atoms with van der Waals surface area (Å²) in [6.45, 7) is 0. The maximum absolute atomic E-state index is 12.7. The molecule has 0 fully saturated rings. The average Bonchev–Trinajstić information content (AvgIpc) is 2.74. The summed E-state index contributed by atoms with van der Waals surface area (Å²) in [4.78, 5) is 35.8.